The lowest BCUT2D eigenvalue weighted by molar-refractivity contribution is 0.0697. The van der Waals surface area contributed by atoms with E-state index in [2.05, 4.69) is 20.8 Å². The van der Waals surface area contributed by atoms with Gasteiger partial charge in [0, 0.05) is 0 Å². The molecule has 1 N–H and O–H groups in total. The van der Waals surface area contributed by atoms with Crippen LogP contribution in [-0.2, 0) is 5.41 Å². The van der Waals surface area contributed by atoms with Gasteiger partial charge in [0.05, 0.1) is 5.56 Å². The van der Waals surface area contributed by atoms with Gasteiger partial charge in [0.25, 0.3) is 0 Å². The fourth-order valence-corrected chi connectivity index (χ4v) is 2.11. The minimum Gasteiger partial charge on any atom is -0.478 e. The number of unbranched alkanes of at least 4 members (excludes halogenated alkanes) is 1. The molecule has 0 amide bonds. The highest BCUT2D eigenvalue weighted by atomic mass is 16.4. The number of rotatable bonds is 6. The van der Waals surface area contributed by atoms with Crippen LogP contribution in [0.25, 0.3) is 0 Å². The van der Waals surface area contributed by atoms with Crippen LogP contribution in [-0.4, -0.2) is 11.1 Å². The molecular weight excluding hydrogens is 212 g/mol. The third-order valence-corrected chi connectivity index (χ3v) is 3.69. The van der Waals surface area contributed by atoms with Gasteiger partial charge in [-0.15, -0.1) is 0 Å². The summed E-state index contributed by atoms with van der Waals surface area (Å²) in [6.45, 7) is 6.66. The van der Waals surface area contributed by atoms with Crippen molar-refractivity contribution < 1.29 is 9.90 Å². The average Bonchev–Trinajstić information content (AvgIpc) is 2.36. The van der Waals surface area contributed by atoms with E-state index in [1.54, 1.807) is 12.1 Å². The Kier molecular flexibility index (Phi) is 4.73. The molecule has 1 unspecified atom stereocenters. The van der Waals surface area contributed by atoms with Crippen molar-refractivity contribution in [3.63, 3.8) is 0 Å². The van der Waals surface area contributed by atoms with E-state index in [4.69, 9.17) is 5.11 Å². The lowest BCUT2D eigenvalue weighted by Crippen LogP contribution is -2.20. The highest BCUT2D eigenvalue weighted by molar-refractivity contribution is 5.87. The van der Waals surface area contributed by atoms with Gasteiger partial charge in [0.1, 0.15) is 0 Å². The molecule has 0 aliphatic heterocycles. The molecule has 1 aromatic carbocycles. The molecule has 0 radical (unpaired) electrons. The summed E-state index contributed by atoms with van der Waals surface area (Å²) in [6.07, 6.45) is 4.65. The zero-order chi connectivity index (χ0) is 12.9. The topological polar surface area (TPSA) is 37.3 Å². The Hall–Kier alpha value is -1.31. The molecule has 0 aliphatic carbocycles. The van der Waals surface area contributed by atoms with Gasteiger partial charge in [-0.05, 0) is 36.0 Å². The predicted molar refractivity (Wildman–Crippen MR) is 70.6 cm³/mol. The van der Waals surface area contributed by atoms with Gasteiger partial charge < -0.3 is 5.11 Å². The Bertz CT molecular complexity index is 367. The second-order valence-corrected chi connectivity index (χ2v) is 4.90. The van der Waals surface area contributed by atoms with Crippen LogP contribution in [0.3, 0.4) is 0 Å². The summed E-state index contributed by atoms with van der Waals surface area (Å²) in [4.78, 5) is 10.8. The molecule has 2 heteroatoms. The average molecular weight is 234 g/mol. The van der Waals surface area contributed by atoms with Crippen molar-refractivity contribution in [3.8, 4) is 0 Å². The Balaban J connectivity index is 2.92. The molecule has 17 heavy (non-hydrogen) atoms. The minimum atomic E-state index is -0.858. The second kappa shape index (κ2) is 5.85. The molecular formula is C15H22O2. The van der Waals surface area contributed by atoms with E-state index in [1.165, 1.54) is 18.4 Å². The lowest BCUT2D eigenvalue weighted by atomic mass is 9.76. The molecule has 0 aliphatic rings. The summed E-state index contributed by atoms with van der Waals surface area (Å²) in [7, 11) is 0. The van der Waals surface area contributed by atoms with Crippen molar-refractivity contribution in [2.24, 2.45) is 0 Å². The van der Waals surface area contributed by atoms with Crippen molar-refractivity contribution in [3.05, 3.63) is 35.4 Å². The normalized spacial score (nSPS) is 14.3. The van der Waals surface area contributed by atoms with Crippen molar-refractivity contribution >= 4 is 5.97 Å². The molecule has 1 aromatic rings. The molecule has 0 saturated carbocycles. The van der Waals surface area contributed by atoms with Crippen molar-refractivity contribution in [1.29, 1.82) is 0 Å². The summed E-state index contributed by atoms with van der Waals surface area (Å²) in [5.41, 5.74) is 1.79. The Labute approximate surface area is 104 Å². The number of hydrogen-bond acceptors (Lipinski definition) is 1. The zero-order valence-corrected chi connectivity index (χ0v) is 11.0. The monoisotopic (exact) mass is 234 g/mol. The minimum absolute atomic E-state index is 0.174. The quantitative estimate of drug-likeness (QED) is 0.799. The Morgan fingerprint density at radius 2 is 1.82 bits per heavy atom. The third kappa shape index (κ3) is 3.32. The highest BCUT2D eigenvalue weighted by Gasteiger charge is 2.23. The SMILES string of the molecule is CCCCC(C)(CC)c1ccc(C(=O)O)cc1. The van der Waals surface area contributed by atoms with Gasteiger partial charge >= 0.3 is 5.97 Å². The smallest absolute Gasteiger partial charge is 0.335 e. The van der Waals surface area contributed by atoms with Crippen LogP contribution in [0.1, 0.15) is 62.4 Å². The van der Waals surface area contributed by atoms with E-state index in [1.807, 2.05) is 12.1 Å². The van der Waals surface area contributed by atoms with Gasteiger partial charge in [-0.1, -0.05) is 45.7 Å². The summed E-state index contributed by atoms with van der Waals surface area (Å²) >= 11 is 0. The van der Waals surface area contributed by atoms with E-state index < -0.39 is 5.97 Å². The lowest BCUT2D eigenvalue weighted by Gasteiger charge is -2.29. The largest absolute Gasteiger partial charge is 0.478 e. The van der Waals surface area contributed by atoms with E-state index in [0.29, 0.717) is 5.56 Å². The number of hydrogen-bond donors (Lipinski definition) is 1. The Morgan fingerprint density at radius 1 is 1.24 bits per heavy atom. The van der Waals surface area contributed by atoms with Crippen molar-refractivity contribution in [2.75, 3.05) is 0 Å². The standard InChI is InChI=1S/C15H22O2/c1-4-6-11-15(3,5-2)13-9-7-12(8-10-13)14(16)17/h7-10H,4-6,11H2,1-3H3,(H,16,17). The molecule has 2 nitrogen and oxygen atoms in total. The first-order chi connectivity index (χ1) is 8.03. The number of aromatic carboxylic acids is 1. The van der Waals surface area contributed by atoms with Crippen LogP contribution in [0.5, 0.6) is 0 Å². The third-order valence-electron chi connectivity index (χ3n) is 3.69. The number of benzene rings is 1. The fourth-order valence-electron chi connectivity index (χ4n) is 2.11. The van der Waals surface area contributed by atoms with Gasteiger partial charge in [0.2, 0.25) is 0 Å². The first-order valence-corrected chi connectivity index (χ1v) is 6.37. The Morgan fingerprint density at radius 3 is 2.24 bits per heavy atom. The second-order valence-electron chi connectivity index (χ2n) is 4.90. The molecule has 0 heterocycles. The fraction of sp³-hybridized carbons (Fsp3) is 0.533. The maximum Gasteiger partial charge on any atom is 0.335 e. The van der Waals surface area contributed by atoms with Crippen LogP contribution in [0.4, 0.5) is 0 Å². The van der Waals surface area contributed by atoms with Crippen LogP contribution in [0.15, 0.2) is 24.3 Å². The maximum atomic E-state index is 10.8. The molecule has 0 aromatic heterocycles. The molecule has 0 fully saturated rings. The number of carboxylic acids is 1. The summed E-state index contributed by atoms with van der Waals surface area (Å²) in [6, 6.07) is 7.33. The number of carboxylic acid groups (broad SMARTS) is 1. The van der Waals surface area contributed by atoms with Gasteiger partial charge in [-0.2, -0.15) is 0 Å². The summed E-state index contributed by atoms with van der Waals surface area (Å²) in [5.74, 6) is -0.858. The maximum absolute atomic E-state index is 10.8. The van der Waals surface area contributed by atoms with Gasteiger partial charge in [-0.25, -0.2) is 4.79 Å². The molecule has 0 saturated heterocycles. The van der Waals surface area contributed by atoms with Gasteiger partial charge in [-0.3, -0.25) is 0 Å². The number of carbonyl (C=O) groups is 1. The van der Waals surface area contributed by atoms with E-state index in [0.717, 1.165) is 12.8 Å². The van der Waals surface area contributed by atoms with E-state index >= 15 is 0 Å². The predicted octanol–water partition coefficient (Wildman–Crippen LogP) is 4.24. The van der Waals surface area contributed by atoms with E-state index in [9.17, 15) is 4.79 Å². The summed E-state index contributed by atoms with van der Waals surface area (Å²) < 4.78 is 0. The molecule has 0 bridgehead atoms. The van der Waals surface area contributed by atoms with Crippen LogP contribution in [0.2, 0.25) is 0 Å². The molecule has 0 spiro atoms. The first-order valence-electron chi connectivity index (χ1n) is 6.37. The van der Waals surface area contributed by atoms with Gasteiger partial charge in [0.15, 0.2) is 0 Å². The highest BCUT2D eigenvalue weighted by Crippen LogP contribution is 2.33. The van der Waals surface area contributed by atoms with Crippen molar-refractivity contribution in [2.45, 2.75) is 51.9 Å². The van der Waals surface area contributed by atoms with Crippen LogP contribution >= 0.6 is 0 Å². The molecule has 1 rings (SSSR count). The molecule has 94 valence electrons. The first kappa shape index (κ1) is 13.8. The zero-order valence-electron chi connectivity index (χ0n) is 11.0. The van der Waals surface area contributed by atoms with Crippen LogP contribution in [0, 0.1) is 0 Å². The summed E-state index contributed by atoms with van der Waals surface area (Å²) in [5, 5.41) is 8.88. The van der Waals surface area contributed by atoms with Crippen LogP contribution < -0.4 is 0 Å². The molecule has 1 atom stereocenters. The van der Waals surface area contributed by atoms with E-state index in [-0.39, 0.29) is 5.41 Å². The van der Waals surface area contributed by atoms with Crippen molar-refractivity contribution in [1.82, 2.24) is 0 Å².